The molecule has 1 aromatic heterocycles. The van der Waals surface area contributed by atoms with E-state index >= 15 is 0 Å². The highest BCUT2D eigenvalue weighted by Crippen LogP contribution is 2.55. The first-order valence-electron chi connectivity index (χ1n) is 10.3. The van der Waals surface area contributed by atoms with Gasteiger partial charge in [0.25, 0.3) is 5.91 Å². The summed E-state index contributed by atoms with van der Waals surface area (Å²) >= 11 is 0. The molecule has 0 radical (unpaired) electrons. The van der Waals surface area contributed by atoms with Crippen LogP contribution in [0, 0.1) is 17.6 Å². The Balaban J connectivity index is 2.20. The third-order valence-electron chi connectivity index (χ3n) is 6.08. The van der Waals surface area contributed by atoms with Gasteiger partial charge in [-0.05, 0) is 25.1 Å². The molecule has 2 aromatic rings. The first kappa shape index (κ1) is 27.2. The van der Waals surface area contributed by atoms with Crippen molar-refractivity contribution in [2.24, 2.45) is 10.9 Å². The topological polar surface area (TPSA) is 90.1 Å². The molecule has 0 aliphatic carbocycles. The fourth-order valence-corrected chi connectivity index (χ4v) is 4.03. The van der Waals surface area contributed by atoms with Gasteiger partial charge in [-0.1, -0.05) is 13.0 Å². The summed E-state index contributed by atoms with van der Waals surface area (Å²) < 4.78 is 106. The van der Waals surface area contributed by atoms with E-state index in [1.165, 1.54) is 0 Å². The fraction of sp³-hybridized carbons (Fsp3) is 0.409. The second-order valence-corrected chi connectivity index (χ2v) is 8.24. The summed E-state index contributed by atoms with van der Waals surface area (Å²) in [7, 11) is 0. The molecule has 4 atom stereocenters. The van der Waals surface area contributed by atoms with Crippen LogP contribution in [-0.2, 0) is 9.53 Å². The van der Waals surface area contributed by atoms with E-state index in [9.17, 15) is 45.5 Å². The molecule has 1 aromatic carbocycles. The van der Waals surface area contributed by atoms with E-state index in [0.717, 1.165) is 38.2 Å². The van der Waals surface area contributed by atoms with Gasteiger partial charge in [-0.3, -0.25) is 9.59 Å². The lowest BCUT2D eigenvalue weighted by molar-refractivity contribution is -0.272. The summed E-state index contributed by atoms with van der Waals surface area (Å²) in [6, 6.07) is 3.26. The maximum Gasteiger partial charge on any atom is 0.417 e. The van der Waals surface area contributed by atoms with Crippen LogP contribution in [0.1, 0.15) is 42.7 Å². The van der Waals surface area contributed by atoms with Gasteiger partial charge < -0.3 is 14.7 Å². The van der Waals surface area contributed by atoms with Gasteiger partial charge in [0.15, 0.2) is 23.0 Å². The average molecular weight is 524 g/mol. The monoisotopic (exact) mass is 524 g/mol. The largest absolute Gasteiger partial charge is 0.431 e. The number of rotatable bonds is 5. The molecule has 0 saturated carbocycles. The summed E-state index contributed by atoms with van der Waals surface area (Å²) in [6.07, 6.45) is -6.22. The minimum Gasteiger partial charge on any atom is -0.431 e. The highest BCUT2D eigenvalue weighted by atomic mass is 19.4. The fourth-order valence-electron chi connectivity index (χ4n) is 4.03. The van der Waals surface area contributed by atoms with Crippen LogP contribution in [0.3, 0.4) is 0 Å². The highest BCUT2D eigenvalue weighted by Gasteiger charge is 2.66. The first-order chi connectivity index (χ1) is 16.6. The Morgan fingerprint density at radius 3 is 2.42 bits per heavy atom. The zero-order valence-corrected chi connectivity index (χ0v) is 18.8. The van der Waals surface area contributed by atoms with Crippen molar-refractivity contribution in [3.05, 3.63) is 58.7 Å². The third kappa shape index (κ3) is 4.81. The predicted molar refractivity (Wildman–Crippen MR) is 106 cm³/mol. The number of benzene rings is 1. The highest BCUT2D eigenvalue weighted by molar-refractivity contribution is 5.92. The van der Waals surface area contributed by atoms with Gasteiger partial charge in [-0.2, -0.15) is 31.1 Å². The number of carbonyl (C=O) groups excluding carboxylic acids is 2. The van der Waals surface area contributed by atoms with Gasteiger partial charge in [0, 0.05) is 30.5 Å². The number of aromatic nitrogens is 1. The molecule has 3 rings (SSSR count). The number of pyridine rings is 1. The molecule has 1 aliphatic heterocycles. The number of ether oxygens (including phenoxy) is 2. The van der Waals surface area contributed by atoms with Crippen molar-refractivity contribution in [3.8, 4) is 5.75 Å². The van der Waals surface area contributed by atoms with Crippen molar-refractivity contribution < 1.29 is 55.0 Å². The van der Waals surface area contributed by atoms with Gasteiger partial charge in [0.2, 0.25) is 5.82 Å². The van der Waals surface area contributed by atoms with E-state index < -0.39 is 71.0 Å². The van der Waals surface area contributed by atoms with Crippen molar-refractivity contribution >= 4 is 11.7 Å². The molecule has 1 aliphatic rings. The van der Waals surface area contributed by atoms with Crippen molar-refractivity contribution in [2.45, 2.75) is 51.2 Å². The van der Waals surface area contributed by atoms with E-state index in [-0.39, 0.29) is 11.1 Å². The van der Waals surface area contributed by atoms with Crippen LogP contribution < -0.4 is 10.1 Å². The maximum atomic E-state index is 14.4. The number of alkyl halides is 5. The van der Waals surface area contributed by atoms with Crippen molar-refractivity contribution in [2.75, 3.05) is 0 Å². The number of amides is 1. The Kier molecular flexibility index (Phi) is 7.22. The Bertz CT molecular complexity index is 1260. The summed E-state index contributed by atoms with van der Waals surface area (Å²) in [5, 5.41) is 9.41. The van der Waals surface area contributed by atoms with E-state index in [0.29, 0.717) is 17.7 Å². The Hall–Kier alpha value is -3.42. The van der Waals surface area contributed by atoms with E-state index in [4.69, 9.17) is 4.74 Å². The molecule has 36 heavy (non-hydrogen) atoms. The zero-order chi connectivity index (χ0) is 27.2. The second-order valence-electron chi connectivity index (χ2n) is 8.24. The number of halogens is 7. The van der Waals surface area contributed by atoms with Crippen LogP contribution in [0.25, 0.3) is 0 Å². The van der Waals surface area contributed by atoms with Crippen LogP contribution in [0.15, 0.2) is 35.5 Å². The lowest BCUT2D eigenvalue weighted by Crippen LogP contribution is -2.47. The van der Waals surface area contributed by atoms with Crippen LogP contribution >= 0.6 is 0 Å². The molecule has 1 saturated heterocycles. The molecule has 0 spiro atoms. The number of carbonyl (C=O) groups is 2. The quantitative estimate of drug-likeness (QED) is 0.357. The van der Waals surface area contributed by atoms with E-state index in [1.54, 1.807) is 0 Å². The van der Waals surface area contributed by atoms with Gasteiger partial charge in [-0.25, -0.2) is 9.38 Å². The van der Waals surface area contributed by atoms with E-state index in [1.807, 2.05) is 0 Å². The SMILES string of the molecule is CC(=O)c1cc(=NC(=O)[C@@H]2O[C@](C)(C(F)(F)F)[C@H](C)[C@@H]2c2ccc(F)c(F)c2OC(F)F)ccn1O. The summed E-state index contributed by atoms with van der Waals surface area (Å²) in [5.74, 6) is -10.3. The molecule has 7 nitrogen and oxygen atoms in total. The van der Waals surface area contributed by atoms with Crippen molar-refractivity contribution in [1.29, 1.82) is 0 Å². The normalized spacial score (nSPS) is 24.9. The molecule has 0 bridgehead atoms. The number of nitrogens with zero attached hydrogens (tertiary/aromatic N) is 2. The Morgan fingerprint density at radius 2 is 1.86 bits per heavy atom. The lowest BCUT2D eigenvalue weighted by atomic mass is 9.77. The number of Topliss-reactive ketones (excluding diaryl/α,β-unsaturated/α-hetero) is 1. The smallest absolute Gasteiger partial charge is 0.417 e. The van der Waals surface area contributed by atoms with Gasteiger partial charge in [-0.15, -0.1) is 0 Å². The molecule has 1 fully saturated rings. The van der Waals surface area contributed by atoms with Crippen molar-refractivity contribution in [3.63, 3.8) is 0 Å². The molecule has 1 N–H and O–H groups in total. The predicted octanol–water partition coefficient (Wildman–Crippen LogP) is 4.37. The lowest BCUT2D eigenvalue weighted by Gasteiger charge is -2.32. The van der Waals surface area contributed by atoms with E-state index in [2.05, 4.69) is 9.73 Å². The molecular weight excluding hydrogens is 505 g/mol. The maximum absolute atomic E-state index is 14.4. The van der Waals surface area contributed by atoms with Gasteiger partial charge in [0.1, 0.15) is 11.8 Å². The standard InChI is InChI=1S/C22H19F7N2O5/c1-9-15(12-4-5-13(23)16(24)17(12)35-20(25)26)18(36-21(9,3)22(27,28)29)19(33)30-11-6-7-31(34)14(8-11)10(2)32/h4-9,15,18,20,34H,1-3H3/t9-,15-,18-,21+/m1/s1. The molecule has 1 amide bonds. The van der Waals surface area contributed by atoms with Crippen LogP contribution in [0.5, 0.6) is 5.75 Å². The number of hydrogen-bond donors (Lipinski definition) is 1. The molecule has 2 heterocycles. The summed E-state index contributed by atoms with van der Waals surface area (Å²) in [6.45, 7) is -0.945. The average Bonchev–Trinajstić information content (AvgIpc) is 3.04. The Labute approximate surface area is 198 Å². The molecular formula is C22H19F7N2O5. The van der Waals surface area contributed by atoms with Crippen LogP contribution in [0.4, 0.5) is 30.7 Å². The third-order valence-corrected chi connectivity index (χ3v) is 6.08. The van der Waals surface area contributed by atoms with Crippen LogP contribution in [-0.4, -0.2) is 46.1 Å². The zero-order valence-electron chi connectivity index (χ0n) is 18.8. The summed E-state index contributed by atoms with van der Waals surface area (Å²) in [5.41, 5.74) is -3.99. The minimum absolute atomic E-state index is 0.250. The van der Waals surface area contributed by atoms with Gasteiger partial charge in [0.05, 0.1) is 5.36 Å². The van der Waals surface area contributed by atoms with Gasteiger partial charge >= 0.3 is 12.8 Å². The van der Waals surface area contributed by atoms with Crippen molar-refractivity contribution in [1.82, 2.24) is 4.73 Å². The molecule has 14 heteroatoms. The first-order valence-corrected chi connectivity index (χ1v) is 10.3. The molecule has 0 unspecified atom stereocenters. The second kappa shape index (κ2) is 9.56. The summed E-state index contributed by atoms with van der Waals surface area (Å²) in [4.78, 5) is 28.3. The number of ketones is 1. The number of hydrogen-bond acceptors (Lipinski definition) is 5. The van der Waals surface area contributed by atoms with Crippen LogP contribution in [0.2, 0.25) is 0 Å². The Morgan fingerprint density at radius 1 is 1.22 bits per heavy atom. The molecule has 196 valence electrons. The minimum atomic E-state index is -5.07.